The summed E-state index contributed by atoms with van der Waals surface area (Å²) in [6, 6.07) is 8.23. The van der Waals surface area contributed by atoms with Crippen LogP contribution in [0.15, 0.2) is 42.9 Å². The summed E-state index contributed by atoms with van der Waals surface area (Å²) >= 11 is 0. The molecule has 0 aliphatic heterocycles. The van der Waals surface area contributed by atoms with Crippen molar-refractivity contribution in [3.05, 3.63) is 59.7 Å². The average molecular weight is 299 g/mol. The maximum Gasteiger partial charge on any atom is 0.0914 e. The van der Waals surface area contributed by atoms with Crippen molar-refractivity contribution >= 4 is 0 Å². The van der Waals surface area contributed by atoms with E-state index in [0.717, 1.165) is 11.3 Å². The fourth-order valence-electron chi connectivity index (χ4n) is 2.25. The minimum Gasteiger partial charge on any atom is -0.387 e. The fraction of sp³-hybridized carbons (Fsp3) is 0.444. The van der Waals surface area contributed by atoms with Gasteiger partial charge < -0.3 is 10.4 Å². The van der Waals surface area contributed by atoms with Gasteiger partial charge >= 0.3 is 0 Å². The van der Waals surface area contributed by atoms with Gasteiger partial charge in [0.1, 0.15) is 0 Å². The van der Waals surface area contributed by atoms with Crippen molar-refractivity contribution in [3.63, 3.8) is 0 Å². The van der Waals surface area contributed by atoms with Crippen molar-refractivity contribution in [1.82, 2.24) is 15.3 Å². The zero-order valence-corrected chi connectivity index (χ0v) is 13.7. The lowest BCUT2D eigenvalue weighted by atomic mass is 9.86. The van der Waals surface area contributed by atoms with Crippen LogP contribution < -0.4 is 5.32 Å². The molecule has 0 aliphatic rings. The number of hydrogen-bond acceptors (Lipinski definition) is 4. The molecule has 0 spiro atoms. The van der Waals surface area contributed by atoms with Crippen LogP contribution in [0.2, 0.25) is 0 Å². The first-order chi connectivity index (χ1) is 10.4. The molecule has 2 atom stereocenters. The molecule has 2 N–H and O–H groups in total. The van der Waals surface area contributed by atoms with E-state index in [1.165, 1.54) is 5.56 Å². The molecule has 0 amide bonds. The second-order valence-electron chi connectivity index (χ2n) is 6.65. The number of nitrogens with zero attached hydrogens (tertiary/aromatic N) is 2. The Bertz CT molecular complexity index is 576. The topological polar surface area (TPSA) is 58.0 Å². The van der Waals surface area contributed by atoms with Crippen LogP contribution in [0.1, 0.15) is 56.7 Å². The molecule has 118 valence electrons. The molecule has 1 aromatic carbocycles. The average Bonchev–Trinajstić information content (AvgIpc) is 2.52. The van der Waals surface area contributed by atoms with Crippen LogP contribution in [0.3, 0.4) is 0 Å². The smallest absolute Gasteiger partial charge is 0.0914 e. The van der Waals surface area contributed by atoms with Gasteiger partial charge in [-0.05, 0) is 23.5 Å². The van der Waals surface area contributed by atoms with Gasteiger partial charge in [-0.2, -0.15) is 0 Å². The Kier molecular flexibility index (Phi) is 5.27. The maximum atomic E-state index is 10.3. The lowest BCUT2D eigenvalue weighted by Gasteiger charge is -2.21. The molecule has 0 radical (unpaired) electrons. The van der Waals surface area contributed by atoms with Crippen LogP contribution >= 0.6 is 0 Å². The summed E-state index contributed by atoms with van der Waals surface area (Å²) in [5, 5.41) is 13.6. The molecule has 0 bridgehead atoms. The molecule has 2 unspecified atom stereocenters. The summed E-state index contributed by atoms with van der Waals surface area (Å²) in [5.41, 5.74) is 3.19. The summed E-state index contributed by atoms with van der Waals surface area (Å²) in [6.45, 7) is 9.04. The van der Waals surface area contributed by atoms with Gasteiger partial charge in [0.25, 0.3) is 0 Å². The third-order valence-corrected chi connectivity index (χ3v) is 3.81. The molecule has 0 aliphatic carbocycles. The van der Waals surface area contributed by atoms with Crippen LogP contribution in [0.4, 0.5) is 0 Å². The van der Waals surface area contributed by atoms with E-state index in [1.807, 2.05) is 19.1 Å². The molecule has 4 nitrogen and oxygen atoms in total. The van der Waals surface area contributed by atoms with Crippen molar-refractivity contribution in [2.24, 2.45) is 0 Å². The molecular weight excluding hydrogens is 274 g/mol. The van der Waals surface area contributed by atoms with E-state index in [4.69, 9.17) is 0 Å². The van der Waals surface area contributed by atoms with Gasteiger partial charge in [-0.3, -0.25) is 9.97 Å². The molecule has 0 fully saturated rings. The number of rotatable bonds is 5. The highest BCUT2D eigenvalue weighted by atomic mass is 16.3. The van der Waals surface area contributed by atoms with E-state index in [0.29, 0.717) is 6.54 Å². The van der Waals surface area contributed by atoms with Crippen molar-refractivity contribution in [2.45, 2.75) is 45.3 Å². The third kappa shape index (κ3) is 4.36. The summed E-state index contributed by atoms with van der Waals surface area (Å²) in [4.78, 5) is 8.32. The third-order valence-electron chi connectivity index (χ3n) is 3.81. The fourth-order valence-corrected chi connectivity index (χ4v) is 2.25. The van der Waals surface area contributed by atoms with E-state index in [-0.39, 0.29) is 11.5 Å². The van der Waals surface area contributed by atoms with Gasteiger partial charge in [0.05, 0.1) is 11.8 Å². The summed E-state index contributed by atoms with van der Waals surface area (Å²) in [7, 11) is 0. The summed E-state index contributed by atoms with van der Waals surface area (Å²) in [6.07, 6.45) is 4.53. The standard InChI is InChI=1S/C18H25N3O/c1-13(16-11-19-9-10-20-16)21-12-17(22)14-5-7-15(8-6-14)18(2,3)4/h5-11,13,17,21-22H,12H2,1-4H3. The van der Waals surface area contributed by atoms with Gasteiger partial charge in [-0.15, -0.1) is 0 Å². The van der Waals surface area contributed by atoms with E-state index in [9.17, 15) is 5.11 Å². The molecule has 22 heavy (non-hydrogen) atoms. The van der Waals surface area contributed by atoms with Gasteiger partial charge in [0, 0.05) is 31.2 Å². The highest BCUT2D eigenvalue weighted by Crippen LogP contribution is 2.24. The molecule has 2 aromatic rings. The Hall–Kier alpha value is -1.78. The zero-order valence-electron chi connectivity index (χ0n) is 13.7. The molecule has 2 rings (SSSR count). The first kappa shape index (κ1) is 16.6. The predicted molar refractivity (Wildman–Crippen MR) is 88.6 cm³/mol. The highest BCUT2D eigenvalue weighted by Gasteiger charge is 2.15. The van der Waals surface area contributed by atoms with Crippen LogP contribution in [-0.2, 0) is 5.41 Å². The van der Waals surface area contributed by atoms with E-state index < -0.39 is 6.10 Å². The Morgan fingerprint density at radius 3 is 2.36 bits per heavy atom. The second kappa shape index (κ2) is 6.99. The lowest BCUT2D eigenvalue weighted by Crippen LogP contribution is -2.25. The van der Waals surface area contributed by atoms with Gasteiger partial charge in [0.2, 0.25) is 0 Å². The van der Waals surface area contributed by atoms with Crippen LogP contribution in [-0.4, -0.2) is 21.6 Å². The number of nitrogens with one attached hydrogen (secondary N) is 1. The lowest BCUT2D eigenvalue weighted by molar-refractivity contribution is 0.170. The van der Waals surface area contributed by atoms with E-state index in [2.05, 4.69) is 48.2 Å². The summed E-state index contributed by atoms with van der Waals surface area (Å²) < 4.78 is 0. The van der Waals surface area contributed by atoms with Crippen molar-refractivity contribution in [3.8, 4) is 0 Å². The van der Waals surface area contributed by atoms with Crippen LogP contribution in [0.5, 0.6) is 0 Å². The first-order valence-electron chi connectivity index (χ1n) is 7.65. The number of hydrogen-bond donors (Lipinski definition) is 2. The number of benzene rings is 1. The minimum absolute atomic E-state index is 0.0530. The quantitative estimate of drug-likeness (QED) is 0.890. The Morgan fingerprint density at radius 2 is 1.82 bits per heavy atom. The van der Waals surface area contributed by atoms with Gasteiger partial charge in [-0.1, -0.05) is 45.0 Å². The Labute approximate surface area is 132 Å². The van der Waals surface area contributed by atoms with Gasteiger partial charge in [-0.25, -0.2) is 0 Å². The van der Waals surface area contributed by atoms with Crippen molar-refractivity contribution in [1.29, 1.82) is 0 Å². The molecule has 1 heterocycles. The van der Waals surface area contributed by atoms with Crippen LogP contribution in [0.25, 0.3) is 0 Å². The zero-order chi connectivity index (χ0) is 16.2. The Balaban J connectivity index is 1.93. The number of aliphatic hydroxyl groups is 1. The first-order valence-corrected chi connectivity index (χ1v) is 7.65. The molecule has 1 aromatic heterocycles. The maximum absolute atomic E-state index is 10.3. The van der Waals surface area contributed by atoms with E-state index in [1.54, 1.807) is 18.6 Å². The van der Waals surface area contributed by atoms with E-state index >= 15 is 0 Å². The van der Waals surface area contributed by atoms with Crippen molar-refractivity contribution < 1.29 is 5.11 Å². The molecular formula is C18H25N3O. The predicted octanol–water partition coefficient (Wildman–Crippen LogP) is 3.16. The highest BCUT2D eigenvalue weighted by molar-refractivity contribution is 5.28. The molecule has 4 heteroatoms. The monoisotopic (exact) mass is 299 g/mol. The molecule has 0 saturated carbocycles. The van der Waals surface area contributed by atoms with Crippen molar-refractivity contribution in [2.75, 3.05) is 6.54 Å². The minimum atomic E-state index is -0.534. The molecule has 0 saturated heterocycles. The normalized spacial score (nSPS) is 14.6. The summed E-state index contributed by atoms with van der Waals surface area (Å²) in [5.74, 6) is 0. The van der Waals surface area contributed by atoms with Crippen LogP contribution in [0, 0.1) is 0 Å². The Morgan fingerprint density at radius 1 is 1.14 bits per heavy atom. The van der Waals surface area contributed by atoms with Gasteiger partial charge in [0.15, 0.2) is 0 Å². The largest absolute Gasteiger partial charge is 0.387 e. The number of aromatic nitrogens is 2. The second-order valence-corrected chi connectivity index (χ2v) is 6.65. The number of aliphatic hydroxyl groups excluding tert-OH is 1. The SMILES string of the molecule is CC(NCC(O)c1ccc(C(C)(C)C)cc1)c1cnccn1.